The monoisotopic (exact) mass is 297 g/mol. The van der Waals surface area contributed by atoms with E-state index in [1.54, 1.807) is 0 Å². The van der Waals surface area contributed by atoms with E-state index in [1.165, 1.54) is 5.56 Å². The van der Waals surface area contributed by atoms with Gasteiger partial charge in [-0.15, -0.1) is 12.4 Å². The van der Waals surface area contributed by atoms with Crippen LogP contribution in [-0.4, -0.2) is 24.8 Å². The number of fused-ring (bicyclic) bond motifs is 1. The van der Waals surface area contributed by atoms with E-state index in [0.29, 0.717) is 6.10 Å². The number of halogens is 1. The van der Waals surface area contributed by atoms with Gasteiger partial charge in [-0.25, -0.2) is 0 Å². The molecule has 0 atom stereocenters. The Morgan fingerprint density at radius 3 is 2.75 bits per heavy atom. The second kappa shape index (κ2) is 6.23. The molecule has 1 fully saturated rings. The summed E-state index contributed by atoms with van der Waals surface area (Å²) in [6.07, 6.45) is 4.70. The van der Waals surface area contributed by atoms with Gasteiger partial charge >= 0.3 is 0 Å². The molecule has 0 amide bonds. The van der Waals surface area contributed by atoms with E-state index in [4.69, 9.17) is 9.47 Å². The molecule has 2 heterocycles. The number of piperidine rings is 1. The van der Waals surface area contributed by atoms with Gasteiger partial charge in [0.05, 0.1) is 0 Å². The lowest BCUT2D eigenvalue weighted by atomic mass is 9.94. The molecule has 1 saturated heterocycles. The van der Waals surface area contributed by atoms with Gasteiger partial charge in [0.15, 0.2) is 0 Å². The van der Waals surface area contributed by atoms with Crippen LogP contribution in [0.25, 0.3) is 0 Å². The maximum Gasteiger partial charge on any atom is 0.123 e. The number of hydrogen-bond acceptors (Lipinski definition) is 3. The molecule has 0 radical (unpaired) electrons. The average Bonchev–Trinajstić information content (AvgIpc) is 2.39. The van der Waals surface area contributed by atoms with E-state index >= 15 is 0 Å². The van der Waals surface area contributed by atoms with E-state index in [9.17, 15) is 0 Å². The summed E-state index contributed by atoms with van der Waals surface area (Å²) in [6.45, 7) is 6.42. The fraction of sp³-hybridized carbons (Fsp3) is 0.625. The van der Waals surface area contributed by atoms with Gasteiger partial charge < -0.3 is 14.8 Å². The van der Waals surface area contributed by atoms with Gasteiger partial charge in [0, 0.05) is 0 Å². The lowest BCUT2D eigenvalue weighted by Crippen LogP contribution is -2.34. The summed E-state index contributed by atoms with van der Waals surface area (Å²) < 4.78 is 12.1. The third kappa shape index (κ3) is 3.58. The molecule has 112 valence electrons. The zero-order valence-electron chi connectivity index (χ0n) is 12.3. The molecule has 0 aromatic heterocycles. The van der Waals surface area contributed by atoms with Crippen LogP contribution >= 0.6 is 12.4 Å². The van der Waals surface area contributed by atoms with Crippen LogP contribution in [0.5, 0.6) is 11.5 Å². The van der Waals surface area contributed by atoms with Crippen molar-refractivity contribution >= 4 is 12.4 Å². The minimum atomic E-state index is -0.0373. The van der Waals surface area contributed by atoms with Crippen LogP contribution < -0.4 is 14.8 Å². The molecule has 0 saturated carbocycles. The van der Waals surface area contributed by atoms with Crippen molar-refractivity contribution in [3.05, 3.63) is 23.8 Å². The Balaban J connectivity index is 0.00000147. The van der Waals surface area contributed by atoms with Crippen molar-refractivity contribution in [3.63, 3.8) is 0 Å². The number of ether oxygens (including phenoxy) is 2. The first kappa shape index (κ1) is 15.5. The zero-order valence-corrected chi connectivity index (χ0v) is 13.1. The topological polar surface area (TPSA) is 30.5 Å². The van der Waals surface area contributed by atoms with Gasteiger partial charge in [-0.05, 0) is 76.4 Å². The van der Waals surface area contributed by atoms with E-state index < -0.39 is 0 Å². The molecule has 0 bridgehead atoms. The molecular weight excluding hydrogens is 274 g/mol. The van der Waals surface area contributed by atoms with Crippen LogP contribution in [0.1, 0.15) is 38.7 Å². The third-order valence-electron chi connectivity index (χ3n) is 4.00. The predicted octanol–water partition coefficient (Wildman–Crippen LogP) is 3.34. The first-order valence-electron chi connectivity index (χ1n) is 7.32. The first-order valence-corrected chi connectivity index (χ1v) is 7.32. The Kier molecular flexibility index (Phi) is 4.82. The van der Waals surface area contributed by atoms with Crippen molar-refractivity contribution in [3.8, 4) is 11.5 Å². The summed E-state index contributed by atoms with van der Waals surface area (Å²) in [7, 11) is 0. The number of hydrogen-bond donors (Lipinski definition) is 1. The summed E-state index contributed by atoms with van der Waals surface area (Å²) in [5.74, 6) is 2.02. The molecule has 0 unspecified atom stereocenters. The Morgan fingerprint density at radius 1 is 1.25 bits per heavy atom. The van der Waals surface area contributed by atoms with Crippen LogP contribution in [0.15, 0.2) is 18.2 Å². The van der Waals surface area contributed by atoms with Crippen molar-refractivity contribution < 1.29 is 9.47 Å². The molecule has 3 rings (SSSR count). The Bertz CT molecular complexity index is 456. The smallest absolute Gasteiger partial charge is 0.123 e. The number of nitrogens with one attached hydrogen (secondary N) is 1. The highest BCUT2D eigenvalue weighted by Crippen LogP contribution is 2.35. The molecule has 3 nitrogen and oxygen atoms in total. The minimum absolute atomic E-state index is 0. The van der Waals surface area contributed by atoms with Crippen molar-refractivity contribution in [1.82, 2.24) is 5.32 Å². The van der Waals surface area contributed by atoms with Crippen molar-refractivity contribution in [1.29, 1.82) is 0 Å². The van der Waals surface area contributed by atoms with E-state index in [-0.39, 0.29) is 18.0 Å². The van der Waals surface area contributed by atoms with Crippen molar-refractivity contribution in [2.75, 3.05) is 13.1 Å². The van der Waals surface area contributed by atoms with Gasteiger partial charge in [-0.1, -0.05) is 0 Å². The van der Waals surface area contributed by atoms with Crippen LogP contribution in [-0.2, 0) is 6.42 Å². The average molecular weight is 298 g/mol. The zero-order chi connectivity index (χ0) is 13.3. The molecule has 4 heteroatoms. The van der Waals surface area contributed by atoms with Crippen LogP contribution in [0.3, 0.4) is 0 Å². The minimum Gasteiger partial charge on any atom is -0.490 e. The molecule has 1 aromatic rings. The van der Waals surface area contributed by atoms with E-state index in [0.717, 1.165) is 50.3 Å². The maximum absolute atomic E-state index is 6.08. The molecule has 2 aliphatic heterocycles. The lowest BCUT2D eigenvalue weighted by Gasteiger charge is -2.33. The predicted molar refractivity (Wildman–Crippen MR) is 83.2 cm³/mol. The largest absolute Gasteiger partial charge is 0.490 e. The molecule has 0 aliphatic carbocycles. The number of aryl methyl sites for hydroxylation is 1. The highest BCUT2D eigenvalue weighted by atomic mass is 35.5. The second-order valence-electron chi connectivity index (χ2n) is 6.20. The Morgan fingerprint density at radius 2 is 2.00 bits per heavy atom. The molecule has 0 spiro atoms. The number of benzene rings is 1. The van der Waals surface area contributed by atoms with Gasteiger partial charge in [0.25, 0.3) is 0 Å². The summed E-state index contributed by atoms with van der Waals surface area (Å²) in [5, 5.41) is 3.36. The number of rotatable bonds is 2. The van der Waals surface area contributed by atoms with Gasteiger partial charge in [-0.3, -0.25) is 0 Å². The quantitative estimate of drug-likeness (QED) is 0.908. The van der Waals surface area contributed by atoms with Crippen LogP contribution in [0.4, 0.5) is 0 Å². The Hall–Kier alpha value is -0.930. The summed E-state index contributed by atoms with van der Waals surface area (Å²) in [4.78, 5) is 0. The van der Waals surface area contributed by atoms with Crippen molar-refractivity contribution in [2.24, 2.45) is 0 Å². The second-order valence-corrected chi connectivity index (χ2v) is 6.20. The SMILES string of the molecule is CC1(C)CCc2cc(OC3CCNCC3)ccc2O1.Cl. The normalized spacial score (nSPS) is 21.3. The fourth-order valence-electron chi connectivity index (χ4n) is 2.81. The van der Waals surface area contributed by atoms with E-state index in [1.807, 2.05) is 6.07 Å². The molecular formula is C16H24ClNO2. The van der Waals surface area contributed by atoms with Crippen molar-refractivity contribution in [2.45, 2.75) is 51.2 Å². The summed E-state index contributed by atoms with van der Waals surface area (Å²) in [5.41, 5.74) is 1.25. The van der Waals surface area contributed by atoms with Gasteiger partial charge in [-0.2, -0.15) is 0 Å². The van der Waals surface area contributed by atoms with E-state index in [2.05, 4.69) is 31.3 Å². The summed E-state index contributed by atoms with van der Waals surface area (Å²) >= 11 is 0. The molecule has 20 heavy (non-hydrogen) atoms. The van der Waals surface area contributed by atoms with Crippen LogP contribution in [0, 0.1) is 0 Å². The highest BCUT2D eigenvalue weighted by molar-refractivity contribution is 5.85. The molecule has 1 aromatic carbocycles. The first-order chi connectivity index (χ1) is 9.12. The fourth-order valence-corrected chi connectivity index (χ4v) is 2.81. The molecule has 1 N–H and O–H groups in total. The Labute approximate surface area is 127 Å². The third-order valence-corrected chi connectivity index (χ3v) is 4.00. The highest BCUT2D eigenvalue weighted by Gasteiger charge is 2.26. The maximum atomic E-state index is 6.08. The van der Waals surface area contributed by atoms with Gasteiger partial charge in [0.2, 0.25) is 0 Å². The lowest BCUT2D eigenvalue weighted by molar-refractivity contribution is 0.0841. The standard InChI is InChI=1S/C16H23NO2.ClH/c1-16(2)8-5-12-11-14(3-4-15(12)19-16)18-13-6-9-17-10-7-13;/h3-4,11,13,17H,5-10H2,1-2H3;1H. The van der Waals surface area contributed by atoms with Gasteiger partial charge in [0.1, 0.15) is 23.2 Å². The van der Waals surface area contributed by atoms with Crippen LogP contribution in [0.2, 0.25) is 0 Å². The molecule has 2 aliphatic rings. The summed E-state index contributed by atoms with van der Waals surface area (Å²) in [6, 6.07) is 6.27.